The molecule has 1 aliphatic heterocycles. The predicted molar refractivity (Wildman–Crippen MR) is 141 cm³/mol. The number of hydrogen-bond donors (Lipinski definition) is 0. The summed E-state index contributed by atoms with van der Waals surface area (Å²) in [6, 6.07) is 19.1. The highest BCUT2D eigenvalue weighted by atomic mass is 32.2. The Hall–Kier alpha value is -3.78. The molecule has 0 radical (unpaired) electrons. The van der Waals surface area contributed by atoms with Gasteiger partial charge >= 0.3 is 0 Å². The molecule has 1 heterocycles. The summed E-state index contributed by atoms with van der Waals surface area (Å²) in [6.45, 7) is 5.07. The van der Waals surface area contributed by atoms with Gasteiger partial charge in [-0.2, -0.15) is 0 Å². The van der Waals surface area contributed by atoms with Gasteiger partial charge in [0.25, 0.3) is 5.91 Å². The summed E-state index contributed by atoms with van der Waals surface area (Å²) in [4.78, 5) is 20.0. The number of rotatable bonds is 9. The molecular weight excluding hydrogens is 479 g/mol. The fraction of sp³-hybridized carbons (Fsp3) is 0.214. The number of thioether (sulfide) groups is 1. The molecule has 0 unspecified atom stereocenters. The summed E-state index contributed by atoms with van der Waals surface area (Å²) in [7, 11) is 1.61. The monoisotopic (exact) mass is 506 g/mol. The average Bonchev–Trinajstić information content (AvgIpc) is 3.18. The Morgan fingerprint density at radius 1 is 0.972 bits per heavy atom. The van der Waals surface area contributed by atoms with E-state index in [0.29, 0.717) is 34.7 Å². The van der Waals surface area contributed by atoms with E-state index >= 15 is 0 Å². The van der Waals surface area contributed by atoms with Crippen LogP contribution in [0.1, 0.15) is 25.0 Å². The molecule has 186 valence electrons. The molecular formula is C28H27FN2O4S. The number of likely N-dealkylation sites (N-methyl/N-ethyl adjacent to an activating group) is 1. The molecule has 6 nitrogen and oxygen atoms in total. The first-order valence-electron chi connectivity index (χ1n) is 11.6. The van der Waals surface area contributed by atoms with E-state index in [1.165, 1.54) is 23.9 Å². The number of nitrogens with zero attached hydrogens (tertiary/aromatic N) is 2. The molecule has 1 amide bonds. The highest BCUT2D eigenvalue weighted by Gasteiger charge is 2.32. The number of hydrogen-bond acceptors (Lipinski definition) is 6. The Morgan fingerprint density at radius 2 is 1.72 bits per heavy atom. The molecule has 1 saturated heterocycles. The van der Waals surface area contributed by atoms with Gasteiger partial charge in [0.05, 0.1) is 24.3 Å². The van der Waals surface area contributed by atoms with Crippen molar-refractivity contribution < 1.29 is 23.4 Å². The van der Waals surface area contributed by atoms with Crippen LogP contribution in [0.5, 0.6) is 17.2 Å². The van der Waals surface area contributed by atoms with Gasteiger partial charge in [-0.05, 0) is 91.3 Å². The molecule has 0 aliphatic carbocycles. The lowest BCUT2D eigenvalue weighted by atomic mass is 10.1. The lowest BCUT2D eigenvalue weighted by Crippen LogP contribution is -2.28. The van der Waals surface area contributed by atoms with E-state index in [1.54, 1.807) is 24.1 Å². The van der Waals surface area contributed by atoms with Crippen LogP contribution >= 0.6 is 11.8 Å². The Morgan fingerprint density at radius 3 is 2.39 bits per heavy atom. The summed E-state index contributed by atoms with van der Waals surface area (Å²) in [5.41, 5.74) is 2.40. The number of carbonyl (C=O) groups excluding carboxylic acids is 1. The van der Waals surface area contributed by atoms with E-state index in [-0.39, 0.29) is 18.3 Å². The van der Waals surface area contributed by atoms with E-state index in [0.717, 1.165) is 22.6 Å². The molecule has 3 aromatic rings. The summed E-state index contributed by atoms with van der Waals surface area (Å²) in [6.07, 6.45) is 1.83. The third-order valence-electron chi connectivity index (χ3n) is 5.37. The average molecular weight is 507 g/mol. The fourth-order valence-electron chi connectivity index (χ4n) is 3.53. The quantitative estimate of drug-likeness (QED) is 0.313. The highest BCUT2D eigenvalue weighted by molar-refractivity contribution is 8.18. The number of amides is 1. The normalized spacial score (nSPS) is 15.6. The van der Waals surface area contributed by atoms with Gasteiger partial charge in [-0.25, -0.2) is 9.38 Å². The second kappa shape index (κ2) is 11.8. The van der Waals surface area contributed by atoms with Crippen molar-refractivity contribution in [2.75, 3.05) is 20.3 Å². The van der Waals surface area contributed by atoms with E-state index in [4.69, 9.17) is 14.2 Å². The first kappa shape index (κ1) is 25.3. The molecule has 0 saturated carbocycles. The van der Waals surface area contributed by atoms with Crippen LogP contribution in [0.15, 0.2) is 76.6 Å². The van der Waals surface area contributed by atoms with Crippen LogP contribution in [0.25, 0.3) is 6.08 Å². The lowest BCUT2D eigenvalue weighted by molar-refractivity contribution is -0.122. The minimum atomic E-state index is -0.288. The Kier molecular flexibility index (Phi) is 8.28. The van der Waals surface area contributed by atoms with Gasteiger partial charge in [-0.3, -0.25) is 9.69 Å². The SMILES string of the molecule is CCOc1cc(/C=C2/SC(=Nc3ccc(OC)cc3)N(CC)C2=O)ccc1OCc1ccc(F)cc1. The molecule has 4 rings (SSSR count). The Bertz CT molecular complexity index is 1270. The smallest absolute Gasteiger partial charge is 0.266 e. The fourth-order valence-corrected chi connectivity index (χ4v) is 4.59. The second-order valence-corrected chi connectivity index (χ2v) is 8.82. The van der Waals surface area contributed by atoms with Crippen molar-refractivity contribution in [3.05, 3.63) is 88.6 Å². The van der Waals surface area contributed by atoms with E-state index in [9.17, 15) is 9.18 Å². The molecule has 0 bridgehead atoms. The first-order chi connectivity index (χ1) is 17.5. The number of benzene rings is 3. The largest absolute Gasteiger partial charge is 0.497 e. The van der Waals surface area contributed by atoms with Crippen molar-refractivity contribution in [1.82, 2.24) is 4.90 Å². The zero-order valence-corrected chi connectivity index (χ0v) is 21.2. The van der Waals surface area contributed by atoms with Gasteiger partial charge < -0.3 is 14.2 Å². The molecule has 1 fully saturated rings. The van der Waals surface area contributed by atoms with E-state index in [2.05, 4.69) is 4.99 Å². The standard InChI is InChI=1S/C28H27FN2O4S/c1-4-31-27(32)26(36-28(31)30-22-11-13-23(33-3)14-12-22)17-20-8-15-24(25(16-20)34-5-2)35-18-19-6-9-21(29)10-7-19/h6-17H,4-5,18H2,1-3H3/b26-17+,30-28?. The molecule has 0 atom stereocenters. The second-order valence-electron chi connectivity index (χ2n) is 7.81. The molecule has 0 aromatic heterocycles. The zero-order chi connectivity index (χ0) is 25.5. The van der Waals surface area contributed by atoms with Gasteiger partial charge in [0.1, 0.15) is 18.2 Å². The van der Waals surface area contributed by atoms with Crippen LogP contribution in [0.3, 0.4) is 0 Å². The van der Waals surface area contributed by atoms with Crippen molar-refractivity contribution in [3.8, 4) is 17.2 Å². The number of methoxy groups -OCH3 is 1. The number of halogens is 1. The van der Waals surface area contributed by atoms with Gasteiger partial charge in [-0.1, -0.05) is 18.2 Å². The Balaban J connectivity index is 1.54. The lowest BCUT2D eigenvalue weighted by Gasteiger charge is -2.13. The summed E-state index contributed by atoms with van der Waals surface area (Å²) >= 11 is 1.34. The van der Waals surface area contributed by atoms with Crippen LogP contribution in [0, 0.1) is 5.82 Å². The maximum Gasteiger partial charge on any atom is 0.266 e. The van der Waals surface area contributed by atoms with Crippen LogP contribution < -0.4 is 14.2 Å². The van der Waals surface area contributed by atoms with Crippen molar-refractivity contribution in [2.24, 2.45) is 4.99 Å². The number of aliphatic imine (C=N–C) groups is 1. The van der Waals surface area contributed by atoms with Gasteiger partial charge in [0, 0.05) is 6.54 Å². The summed E-state index contributed by atoms with van der Waals surface area (Å²) in [5.74, 6) is 1.51. The van der Waals surface area contributed by atoms with Crippen molar-refractivity contribution in [1.29, 1.82) is 0 Å². The summed E-state index contributed by atoms with van der Waals surface area (Å²) < 4.78 is 30.1. The molecule has 8 heteroatoms. The van der Waals surface area contributed by atoms with Crippen molar-refractivity contribution in [2.45, 2.75) is 20.5 Å². The highest BCUT2D eigenvalue weighted by Crippen LogP contribution is 2.36. The van der Waals surface area contributed by atoms with Crippen molar-refractivity contribution >= 4 is 34.6 Å². The molecule has 36 heavy (non-hydrogen) atoms. The third kappa shape index (κ3) is 6.07. The number of ether oxygens (including phenoxy) is 3. The van der Waals surface area contributed by atoms with Gasteiger partial charge in [0.2, 0.25) is 0 Å². The minimum Gasteiger partial charge on any atom is -0.497 e. The predicted octanol–water partition coefficient (Wildman–Crippen LogP) is 6.44. The topological polar surface area (TPSA) is 60.4 Å². The van der Waals surface area contributed by atoms with Crippen LogP contribution in [0.2, 0.25) is 0 Å². The molecule has 3 aromatic carbocycles. The van der Waals surface area contributed by atoms with Crippen LogP contribution in [-0.2, 0) is 11.4 Å². The maximum atomic E-state index is 13.2. The Labute approximate surface area is 214 Å². The third-order valence-corrected chi connectivity index (χ3v) is 6.38. The molecule has 1 aliphatic rings. The number of amidine groups is 1. The minimum absolute atomic E-state index is 0.0932. The van der Waals surface area contributed by atoms with Gasteiger partial charge in [-0.15, -0.1) is 0 Å². The number of carbonyl (C=O) groups is 1. The molecule has 0 N–H and O–H groups in total. The van der Waals surface area contributed by atoms with Crippen LogP contribution in [-0.4, -0.2) is 36.2 Å². The summed E-state index contributed by atoms with van der Waals surface area (Å²) in [5, 5.41) is 0.628. The van der Waals surface area contributed by atoms with Crippen LogP contribution in [0.4, 0.5) is 10.1 Å². The zero-order valence-electron chi connectivity index (χ0n) is 20.4. The van der Waals surface area contributed by atoms with Gasteiger partial charge in [0.15, 0.2) is 16.7 Å². The van der Waals surface area contributed by atoms with E-state index < -0.39 is 0 Å². The molecule has 0 spiro atoms. The first-order valence-corrected chi connectivity index (χ1v) is 12.4. The maximum absolute atomic E-state index is 13.2. The van der Waals surface area contributed by atoms with Crippen molar-refractivity contribution in [3.63, 3.8) is 0 Å². The van der Waals surface area contributed by atoms with E-state index in [1.807, 2.05) is 62.4 Å².